The number of nitrogens with one attached hydrogen (secondary N) is 1. The fraction of sp³-hybridized carbons (Fsp3) is 0.571. The highest BCUT2D eigenvalue weighted by atomic mass is 19.1. The van der Waals surface area contributed by atoms with Crippen molar-refractivity contribution in [3.05, 3.63) is 35.1 Å². The van der Waals surface area contributed by atoms with Crippen LogP contribution in [0.1, 0.15) is 42.9 Å². The first kappa shape index (κ1) is 11.6. The van der Waals surface area contributed by atoms with Crippen molar-refractivity contribution in [1.29, 1.82) is 0 Å². The first-order valence-corrected chi connectivity index (χ1v) is 6.14. The molecule has 1 aliphatic carbocycles. The van der Waals surface area contributed by atoms with E-state index in [0.29, 0.717) is 6.04 Å². The molecule has 0 amide bonds. The highest BCUT2D eigenvalue weighted by molar-refractivity contribution is 5.25. The van der Waals surface area contributed by atoms with Crippen LogP contribution in [-0.4, -0.2) is 7.05 Å². The number of aryl methyl sites for hydroxylation is 1. The molecule has 1 aliphatic rings. The predicted octanol–water partition coefficient (Wildman–Crippen LogP) is 3.58. The van der Waals surface area contributed by atoms with Crippen molar-refractivity contribution in [2.75, 3.05) is 7.05 Å². The van der Waals surface area contributed by atoms with Crippen LogP contribution in [0.2, 0.25) is 0 Å². The van der Waals surface area contributed by atoms with E-state index in [-0.39, 0.29) is 5.82 Å². The molecule has 0 aliphatic heterocycles. The molecule has 16 heavy (non-hydrogen) atoms. The lowest BCUT2D eigenvalue weighted by Gasteiger charge is -2.29. The first-order chi connectivity index (χ1) is 7.70. The SMILES string of the molecule is CNC(CC1CCC1)c1ccc(C)c(F)c1. The zero-order chi connectivity index (χ0) is 11.5. The van der Waals surface area contributed by atoms with Crippen LogP contribution < -0.4 is 5.32 Å². The molecule has 2 rings (SSSR count). The van der Waals surface area contributed by atoms with E-state index >= 15 is 0 Å². The summed E-state index contributed by atoms with van der Waals surface area (Å²) < 4.78 is 13.5. The van der Waals surface area contributed by atoms with Gasteiger partial charge in [0.25, 0.3) is 0 Å². The second kappa shape index (κ2) is 4.96. The molecule has 0 bridgehead atoms. The van der Waals surface area contributed by atoms with E-state index < -0.39 is 0 Å². The maximum Gasteiger partial charge on any atom is 0.126 e. The molecule has 1 aromatic rings. The third-order valence-corrected chi connectivity index (χ3v) is 3.74. The fourth-order valence-corrected chi connectivity index (χ4v) is 2.31. The zero-order valence-corrected chi connectivity index (χ0v) is 10.1. The summed E-state index contributed by atoms with van der Waals surface area (Å²) in [5.74, 6) is 0.744. The van der Waals surface area contributed by atoms with Gasteiger partial charge in [-0.1, -0.05) is 31.4 Å². The summed E-state index contributed by atoms with van der Waals surface area (Å²) in [6.45, 7) is 1.80. The summed E-state index contributed by atoms with van der Waals surface area (Å²) in [7, 11) is 1.96. The van der Waals surface area contributed by atoms with Crippen molar-refractivity contribution < 1.29 is 4.39 Å². The molecular formula is C14H20FN. The van der Waals surface area contributed by atoms with Gasteiger partial charge in [-0.05, 0) is 43.5 Å². The Morgan fingerprint density at radius 2 is 2.19 bits per heavy atom. The van der Waals surface area contributed by atoms with E-state index in [2.05, 4.69) is 5.32 Å². The van der Waals surface area contributed by atoms with Crippen LogP contribution in [0.3, 0.4) is 0 Å². The monoisotopic (exact) mass is 221 g/mol. The van der Waals surface area contributed by atoms with E-state index in [4.69, 9.17) is 0 Å². The van der Waals surface area contributed by atoms with Gasteiger partial charge in [-0.2, -0.15) is 0 Å². The summed E-state index contributed by atoms with van der Waals surface area (Å²) in [5, 5.41) is 3.30. The minimum absolute atomic E-state index is 0.0913. The van der Waals surface area contributed by atoms with E-state index in [1.807, 2.05) is 19.2 Å². The standard InChI is InChI=1S/C14H20FN/c1-10-6-7-12(9-13(10)15)14(16-2)8-11-4-3-5-11/h6-7,9,11,14,16H,3-5,8H2,1-2H3. The van der Waals surface area contributed by atoms with Gasteiger partial charge in [0.05, 0.1) is 0 Å². The average Bonchev–Trinajstić information content (AvgIpc) is 2.21. The Bertz CT molecular complexity index is 358. The summed E-state index contributed by atoms with van der Waals surface area (Å²) in [4.78, 5) is 0. The lowest BCUT2D eigenvalue weighted by atomic mass is 9.79. The normalized spacial score (nSPS) is 18.2. The third-order valence-electron chi connectivity index (χ3n) is 3.74. The van der Waals surface area contributed by atoms with Crippen LogP contribution in [0.15, 0.2) is 18.2 Å². The number of hydrogen-bond acceptors (Lipinski definition) is 1. The summed E-state index contributed by atoms with van der Waals surface area (Å²) in [6.07, 6.45) is 5.18. The quantitative estimate of drug-likeness (QED) is 0.819. The largest absolute Gasteiger partial charge is 0.313 e. The molecule has 1 atom stereocenters. The van der Waals surface area contributed by atoms with Gasteiger partial charge in [0.1, 0.15) is 5.82 Å². The van der Waals surface area contributed by atoms with Crippen LogP contribution in [-0.2, 0) is 0 Å². The molecule has 1 nitrogen and oxygen atoms in total. The molecule has 0 spiro atoms. The molecule has 1 saturated carbocycles. The molecule has 1 aromatic carbocycles. The zero-order valence-electron chi connectivity index (χ0n) is 10.1. The Kier molecular flexibility index (Phi) is 3.59. The number of rotatable bonds is 4. The maximum atomic E-state index is 13.5. The first-order valence-electron chi connectivity index (χ1n) is 6.14. The highest BCUT2D eigenvalue weighted by Crippen LogP contribution is 2.34. The molecular weight excluding hydrogens is 201 g/mol. The lowest BCUT2D eigenvalue weighted by Crippen LogP contribution is -2.23. The molecule has 88 valence electrons. The van der Waals surface area contributed by atoms with Crippen LogP contribution in [0.25, 0.3) is 0 Å². The molecule has 1 fully saturated rings. The molecule has 0 saturated heterocycles. The van der Waals surface area contributed by atoms with Gasteiger partial charge in [-0.3, -0.25) is 0 Å². The minimum Gasteiger partial charge on any atom is -0.313 e. The van der Waals surface area contributed by atoms with Crippen molar-refractivity contribution in [3.63, 3.8) is 0 Å². The third kappa shape index (κ3) is 2.43. The van der Waals surface area contributed by atoms with Crippen LogP contribution >= 0.6 is 0 Å². The Morgan fingerprint density at radius 3 is 2.69 bits per heavy atom. The van der Waals surface area contributed by atoms with Crippen LogP contribution in [0.4, 0.5) is 4.39 Å². The van der Waals surface area contributed by atoms with E-state index in [1.54, 1.807) is 13.0 Å². The number of halogens is 1. The summed E-state index contributed by atoms with van der Waals surface area (Å²) in [5.41, 5.74) is 1.81. The molecule has 0 heterocycles. The van der Waals surface area contributed by atoms with Crippen molar-refractivity contribution >= 4 is 0 Å². The Morgan fingerprint density at radius 1 is 1.44 bits per heavy atom. The van der Waals surface area contributed by atoms with Gasteiger partial charge < -0.3 is 5.32 Å². The molecule has 0 radical (unpaired) electrons. The number of hydrogen-bond donors (Lipinski definition) is 1. The van der Waals surface area contributed by atoms with E-state index in [9.17, 15) is 4.39 Å². The smallest absolute Gasteiger partial charge is 0.126 e. The van der Waals surface area contributed by atoms with Crippen LogP contribution in [0.5, 0.6) is 0 Å². The molecule has 1 N–H and O–H groups in total. The Balaban J connectivity index is 2.09. The van der Waals surface area contributed by atoms with Crippen molar-refractivity contribution in [1.82, 2.24) is 5.32 Å². The van der Waals surface area contributed by atoms with Gasteiger partial charge >= 0.3 is 0 Å². The van der Waals surface area contributed by atoms with Gasteiger partial charge in [-0.25, -0.2) is 4.39 Å². The molecule has 0 aromatic heterocycles. The summed E-state index contributed by atoms with van der Waals surface area (Å²) in [6, 6.07) is 5.89. The molecule has 1 unspecified atom stereocenters. The van der Waals surface area contributed by atoms with Crippen molar-refractivity contribution in [2.24, 2.45) is 5.92 Å². The van der Waals surface area contributed by atoms with Gasteiger partial charge in [0.15, 0.2) is 0 Å². The average molecular weight is 221 g/mol. The number of benzene rings is 1. The van der Waals surface area contributed by atoms with Gasteiger partial charge in [0.2, 0.25) is 0 Å². The van der Waals surface area contributed by atoms with Crippen LogP contribution in [0, 0.1) is 18.7 Å². The van der Waals surface area contributed by atoms with Gasteiger partial charge in [-0.15, -0.1) is 0 Å². The maximum absolute atomic E-state index is 13.5. The molecule has 2 heteroatoms. The minimum atomic E-state index is -0.0913. The second-order valence-corrected chi connectivity index (χ2v) is 4.88. The fourth-order valence-electron chi connectivity index (χ4n) is 2.31. The van der Waals surface area contributed by atoms with Gasteiger partial charge in [0, 0.05) is 6.04 Å². The topological polar surface area (TPSA) is 12.0 Å². The van der Waals surface area contributed by atoms with E-state index in [0.717, 1.165) is 23.5 Å². The lowest BCUT2D eigenvalue weighted by molar-refractivity contribution is 0.265. The van der Waals surface area contributed by atoms with E-state index in [1.165, 1.54) is 19.3 Å². The van der Waals surface area contributed by atoms with Crippen molar-refractivity contribution in [3.8, 4) is 0 Å². The van der Waals surface area contributed by atoms with Crippen molar-refractivity contribution in [2.45, 2.75) is 38.6 Å². The summed E-state index contributed by atoms with van der Waals surface area (Å²) >= 11 is 0. The Hall–Kier alpha value is -0.890. The Labute approximate surface area is 97.1 Å². The second-order valence-electron chi connectivity index (χ2n) is 4.88. The highest BCUT2D eigenvalue weighted by Gasteiger charge is 2.22. The predicted molar refractivity (Wildman–Crippen MR) is 64.9 cm³/mol.